The Bertz CT molecular complexity index is 619. The average molecular weight is 337 g/mol. The van der Waals surface area contributed by atoms with Gasteiger partial charge in [-0.1, -0.05) is 49.6 Å². The van der Waals surface area contributed by atoms with Gasteiger partial charge in [-0.3, -0.25) is 4.79 Å². The predicted molar refractivity (Wildman–Crippen MR) is 89.9 cm³/mol. The highest BCUT2D eigenvalue weighted by atomic mass is 32.2. The number of carbonyl (C=O) groups excluding carboxylic acids is 1. The van der Waals surface area contributed by atoms with Crippen LogP contribution in [0.15, 0.2) is 35.7 Å². The summed E-state index contributed by atoms with van der Waals surface area (Å²) in [7, 11) is -3.65. The Hall–Kier alpha value is -1.66. The second-order valence-electron chi connectivity index (χ2n) is 5.77. The summed E-state index contributed by atoms with van der Waals surface area (Å²) < 4.78 is 31.0. The maximum absolute atomic E-state index is 11.8. The molecule has 0 spiro atoms. The lowest BCUT2D eigenvalue weighted by atomic mass is 9.90. The molecule has 1 fully saturated rings. The minimum atomic E-state index is -3.65. The molecule has 0 atom stereocenters. The van der Waals surface area contributed by atoms with Crippen molar-refractivity contribution in [3.8, 4) is 0 Å². The molecule has 6 heteroatoms. The number of esters is 1. The number of carbonyl (C=O) groups is 1. The van der Waals surface area contributed by atoms with Gasteiger partial charge in [0.25, 0.3) is 0 Å². The topological polar surface area (TPSA) is 72.5 Å². The monoisotopic (exact) mass is 337 g/mol. The van der Waals surface area contributed by atoms with Crippen LogP contribution < -0.4 is 4.72 Å². The highest BCUT2D eigenvalue weighted by molar-refractivity contribution is 7.92. The molecule has 0 radical (unpaired) electrons. The van der Waals surface area contributed by atoms with Gasteiger partial charge in [0.1, 0.15) is 6.54 Å². The average Bonchev–Trinajstić information content (AvgIpc) is 2.58. The molecule has 1 aliphatic rings. The molecule has 1 aliphatic carbocycles. The molecule has 2 rings (SSSR count). The fraction of sp³-hybridized carbons (Fsp3) is 0.471. The van der Waals surface area contributed by atoms with Crippen LogP contribution in [-0.4, -0.2) is 27.5 Å². The van der Waals surface area contributed by atoms with Crippen LogP contribution in [-0.2, 0) is 19.6 Å². The second-order valence-corrected chi connectivity index (χ2v) is 7.42. The van der Waals surface area contributed by atoms with Crippen molar-refractivity contribution in [1.82, 2.24) is 4.72 Å². The van der Waals surface area contributed by atoms with Crippen LogP contribution in [0.3, 0.4) is 0 Å². The third kappa shape index (κ3) is 6.97. The van der Waals surface area contributed by atoms with Gasteiger partial charge in [0.15, 0.2) is 0 Å². The van der Waals surface area contributed by atoms with Crippen LogP contribution in [0.2, 0.25) is 0 Å². The van der Waals surface area contributed by atoms with E-state index in [4.69, 9.17) is 4.74 Å². The van der Waals surface area contributed by atoms with Gasteiger partial charge < -0.3 is 4.74 Å². The highest BCUT2D eigenvalue weighted by Gasteiger charge is 2.16. The molecule has 0 aliphatic heterocycles. The van der Waals surface area contributed by atoms with Crippen LogP contribution >= 0.6 is 0 Å². The molecule has 126 valence electrons. The number of rotatable bonds is 7. The predicted octanol–water partition coefficient (Wildman–Crippen LogP) is 2.70. The molecule has 0 saturated heterocycles. The number of sulfonamides is 1. The number of benzene rings is 1. The van der Waals surface area contributed by atoms with Gasteiger partial charge in [-0.05, 0) is 30.4 Å². The summed E-state index contributed by atoms with van der Waals surface area (Å²) in [5.74, 6) is -0.116. The van der Waals surface area contributed by atoms with Gasteiger partial charge in [-0.15, -0.1) is 0 Å². The first-order valence-corrected chi connectivity index (χ1v) is 9.48. The molecule has 0 bridgehead atoms. The summed E-state index contributed by atoms with van der Waals surface area (Å²) in [5, 5.41) is 1.05. The SMILES string of the molecule is O=C(CNS(=O)(=O)/C=C/c1ccccc1)OCC1CCCCC1. The number of ether oxygens (including phenoxy) is 1. The minimum absolute atomic E-state index is 0.339. The summed E-state index contributed by atoms with van der Waals surface area (Å²) in [6.45, 7) is 0.0502. The van der Waals surface area contributed by atoms with Crippen LogP contribution in [0.1, 0.15) is 37.7 Å². The first kappa shape index (κ1) is 17.7. The lowest BCUT2D eigenvalue weighted by molar-refractivity contribution is -0.143. The summed E-state index contributed by atoms with van der Waals surface area (Å²) in [6.07, 6.45) is 7.25. The van der Waals surface area contributed by atoms with Crippen LogP contribution in [0.25, 0.3) is 6.08 Å². The van der Waals surface area contributed by atoms with Crippen molar-refractivity contribution in [3.63, 3.8) is 0 Å². The standard InChI is InChI=1S/C17H23NO4S/c19-17(22-14-16-9-5-2-6-10-16)13-18-23(20,21)12-11-15-7-3-1-4-8-15/h1,3-4,7-8,11-12,16,18H,2,5-6,9-10,13-14H2/b12-11+. The molecule has 5 nitrogen and oxygen atoms in total. The Morgan fingerprint density at radius 3 is 2.57 bits per heavy atom. The normalized spacial score (nSPS) is 16.5. The third-order valence-corrected chi connectivity index (χ3v) is 4.90. The van der Waals surface area contributed by atoms with Gasteiger partial charge in [0.05, 0.1) is 6.61 Å². The lowest BCUT2D eigenvalue weighted by Gasteiger charge is -2.20. The van der Waals surface area contributed by atoms with E-state index in [0.29, 0.717) is 12.5 Å². The van der Waals surface area contributed by atoms with Crippen molar-refractivity contribution in [1.29, 1.82) is 0 Å². The van der Waals surface area contributed by atoms with E-state index in [1.165, 1.54) is 25.3 Å². The van der Waals surface area contributed by atoms with Crippen molar-refractivity contribution in [2.24, 2.45) is 5.92 Å². The van der Waals surface area contributed by atoms with Crippen molar-refractivity contribution in [2.75, 3.05) is 13.2 Å². The van der Waals surface area contributed by atoms with E-state index in [9.17, 15) is 13.2 Å². The lowest BCUT2D eigenvalue weighted by Crippen LogP contribution is -2.30. The molecule has 0 heterocycles. The Morgan fingerprint density at radius 1 is 1.17 bits per heavy atom. The van der Waals surface area contributed by atoms with E-state index in [0.717, 1.165) is 23.8 Å². The van der Waals surface area contributed by atoms with Gasteiger partial charge in [-0.25, -0.2) is 13.1 Å². The van der Waals surface area contributed by atoms with Crippen molar-refractivity contribution in [3.05, 3.63) is 41.3 Å². The van der Waals surface area contributed by atoms with E-state index in [1.54, 1.807) is 12.1 Å². The molecule has 0 unspecified atom stereocenters. The zero-order valence-corrected chi connectivity index (χ0v) is 13.9. The van der Waals surface area contributed by atoms with Gasteiger partial charge in [0, 0.05) is 5.41 Å². The summed E-state index contributed by atoms with van der Waals surface area (Å²) in [5.41, 5.74) is 0.776. The maximum Gasteiger partial charge on any atom is 0.321 e. The van der Waals surface area contributed by atoms with Gasteiger partial charge in [-0.2, -0.15) is 0 Å². The van der Waals surface area contributed by atoms with E-state index < -0.39 is 16.0 Å². The Labute approximate surface area is 137 Å². The number of hydrogen-bond acceptors (Lipinski definition) is 4. The summed E-state index contributed by atoms with van der Waals surface area (Å²) >= 11 is 0. The van der Waals surface area contributed by atoms with Crippen LogP contribution in [0, 0.1) is 5.92 Å². The highest BCUT2D eigenvalue weighted by Crippen LogP contribution is 2.23. The molecular weight excluding hydrogens is 314 g/mol. The molecule has 0 aromatic heterocycles. The molecule has 1 N–H and O–H groups in total. The molecular formula is C17H23NO4S. The molecule has 1 aromatic carbocycles. The zero-order chi connectivity index (χ0) is 16.5. The zero-order valence-electron chi connectivity index (χ0n) is 13.1. The van der Waals surface area contributed by atoms with Crippen LogP contribution in [0.4, 0.5) is 0 Å². The van der Waals surface area contributed by atoms with Crippen molar-refractivity contribution < 1.29 is 17.9 Å². The first-order valence-electron chi connectivity index (χ1n) is 7.93. The molecule has 0 amide bonds. The summed E-state index contributed by atoms with van der Waals surface area (Å²) in [6, 6.07) is 9.09. The second kappa shape index (κ2) is 8.84. The number of nitrogens with one attached hydrogen (secondary N) is 1. The van der Waals surface area contributed by atoms with Crippen molar-refractivity contribution in [2.45, 2.75) is 32.1 Å². The van der Waals surface area contributed by atoms with Crippen molar-refractivity contribution >= 4 is 22.1 Å². The smallest absolute Gasteiger partial charge is 0.321 e. The van der Waals surface area contributed by atoms with Crippen LogP contribution in [0.5, 0.6) is 0 Å². The first-order chi connectivity index (χ1) is 11.1. The van der Waals surface area contributed by atoms with Gasteiger partial charge in [0.2, 0.25) is 10.0 Å². The summed E-state index contributed by atoms with van der Waals surface area (Å²) in [4.78, 5) is 11.6. The van der Waals surface area contributed by atoms with Gasteiger partial charge >= 0.3 is 5.97 Å². The molecule has 1 saturated carbocycles. The molecule has 1 aromatic rings. The van der Waals surface area contributed by atoms with E-state index >= 15 is 0 Å². The Kier molecular flexibility index (Phi) is 6.80. The fourth-order valence-electron chi connectivity index (χ4n) is 2.56. The Balaban J connectivity index is 1.72. The maximum atomic E-state index is 11.8. The third-order valence-electron chi connectivity index (χ3n) is 3.86. The minimum Gasteiger partial charge on any atom is -0.464 e. The largest absolute Gasteiger partial charge is 0.464 e. The quantitative estimate of drug-likeness (QED) is 0.777. The van der Waals surface area contributed by atoms with E-state index in [2.05, 4.69) is 4.72 Å². The fourth-order valence-corrected chi connectivity index (χ4v) is 3.31. The number of hydrogen-bond donors (Lipinski definition) is 1. The van der Waals surface area contributed by atoms with E-state index in [-0.39, 0.29) is 6.54 Å². The molecule has 23 heavy (non-hydrogen) atoms. The Morgan fingerprint density at radius 2 is 1.87 bits per heavy atom. The van der Waals surface area contributed by atoms with E-state index in [1.807, 2.05) is 18.2 Å².